The monoisotopic (exact) mass is 275 g/mol. The van der Waals surface area contributed by atoms with Gasteiger partial charge in [-0.05, 0) is 63.0 Å². The number of nitrogens with one attached hydrogen (secondary N) is 1. The molecule has 112 valence electrons. The summed E-state index contributed by atoms with van der Waals surface area (Å²) in [5, 5.41) is 3.73. The Bertz CT molecular complexity index is 445. The van der Waals surface area contributed by atoms with Gasteiger partial charge in [-0.3, -0.25) is 0 Å². The minimum atomic E-state index is 0.621. The van der Waals surface area contributed by atoms with Gasteiger partial charge in [0.2, 0.25) is 0 Å². The number of hydrogen-bond acceptors (Lipinski definition) is 2. The van der Waals surface area contributed by atoms with E-state index in [1.807, 2.05) is 0 Å². The topological polar surface area (TPSA) is 21.3 Å². The molecule has 0 atom stereocenters. The summed E-state index contributed by atoms with van der Waals surface area (Å²) < 4.78 is 5.51. The van der Waals surface area contributed by atoms with Crippen molar-refractivity contribution < 1.29 is 4.74 Å². The third kappa shape index (κ3) is 3.28. The van der Waals surface area contributed by atoms with Crippen LogP contribution in [0, 0.1) is 25.7 Å². The molecule has 1 aromatic rings. The third-order valence-corrected chi connectivity index (χ3v) is 4.88. The maximum Gasteiger partial charge on any atom is 0.126 e. The zero-order valence-electron chi connectivity index (χ0n) is 13.6. The summed E-state index contributed by atoms with van der Waals surface area (Å²) in [6.45, 7) is 8.96. The van der Waals surface area contributed by atoms with E-state index < -0.39 is 0 Å². The number of ether oxygens (including phenoxy) is 1. The minimum absolute atomic E-state index is 0.621. The molecule has 1 aliphatic rings. The predicted octanol–water partition coefficient (Wildman–Crippen LogP) is 4.94. The van der Waals surface area contributed by atoms with E-state index in [1.165, 1.54) is 42.5 Å². The van der Waals surface area contributed by atoms with E-state index in [9.17, 15) is 0 Å². The Morgan fingerprint density at radius 2 is 1.75 bits per heavy atom. The molecule has 20 heavy (non-hydrogen) atoms. The van der Waals surface area contributed by atoms with Gasteiger partial charge in [-0.25, -0.2) is 0 Å². The highest BCUT2D eigenvalue weighted by molar-refractivity contribution is 5.60. The Hall–Kier alpha value is -1.18. The molecule has 0 spiro atoms. The lowest BCUT2D eigenvalue weighted by atomic mass is 9.79. The van der Waals surface area contributed by atoms with E-state index in [0.717, 1.165) is 17.6 Å². The highest BCUT2D eigenvalue weighted by Gasteiger charge is 2.23. The zero-order valence-corrected chi connectivity index (χ0v) is 13.6. The molecule has 0 amide bonds. The second-order valence-corrected chi connectivity index (χ2v) is 6.59. The lowest BCUT2D eigenvalue weighted by Crippen LogP contribution is -2.28. The van der Waals surface area contributed by atoms with Crippen LogP contribution in [-0.4, -0.2) is 13.2 Å². The van der Waals surface area contributed by atoms with Gasteiger partial charge in [0.05, 0.1) is 7.11 Å². The molecule has 2 heteroatoms. The summed E-state index contributed by atoms with van der Waals surface area (Å²) >= 11 is 0. The summed E-state index contributed by atoms with van der Waals surface area (Å²) in [6.07, 6.45) is 5.30. The van der Waals surface area contributed by atoms with Crippen molar-refractivity contribution in [1.82, 2.24) is 0 Å². The van der Waals surface area contributed by atoms with Crippen LogP contribution in [0.4, 0.5) is 5.69 Å². The molecule has 0 saturated heterocycles. The van der Waals surface area contributed by atoms with E-state index in [1.54, 1.807) is 7.11 Å². The van der Waals surface area contributed by atoms with Crippen molar-refractivity contribution in [2.75, 3.05) is 12.4 Å². The first-order valence-corrected chi connectivity index (χ1v) is 7.93. The maximum absolute atomic E-state index is 5.51. The molecule has 1 aliphatic carbocycles. The molecule has 0 radical (unpaired) electrons. The number of methoxy groups -OCH3 is 1. The average Bonchev–Trinajstić information content (AvgIpc) is 2.43. The molecule has 1 aromatic carbocycles. The van der Waals surface area contributed by atoms with Crippen LogP contribution in [0.5, 0.6) is 5.75 Å². The number of anilines is 1. The lowest BCUT2D eigenvalue weighted by Gasteiger charge is -2.32. The number of rotatable bonds is 4. The minimum Gasteiger partial charge on any atom is -0.496 e. The van der Waals surface area contributed by atoms with Crippen LogP contribution in [-0.2, 0) is 0 Å². The van der Waals surface area contributed by atoms with Crippen molar-refractivity contribution in [3.05, 3.63) is 23.3 Å². The Labute approximate surface area is 123 Å². The first-order valence-electron chi connectivity index (χ1n) is 7.93. The Kier molecular flexibility index (Phi) is 4.95. The molecule has 1 fully saturated rings. The van der Waals surface area contributed by atoms with Gasteiger partial charge < -0.3 is 10.1 Å². The number of hydrogen-bond donors (Lipinski definition) is 1. The summed E-state index contributed by atoms with van der Waals surface area (Å²) in [5.41, 5.74) is 3.68. The highest BCUT2D eigenvalue weighted by Crippen LogP contribution is 2.34. The SMILES string of the molecule is COc1c(C)ccc(NC2CCC(C(C)C)CC2)c1C. The van der Waals surface area contributed by atoms with Crippen molar-refractivity contribution in [3.63, 3.8) is 0 Å². The molecule has 0 aliphatic heterocycles. The van der Waals surface area contributed by atoms with Crippen molar-refractivity contribution in [1.29, 1.82) is 0 Å². The molecule has 0 unspecified atom stereocenters. The van der Waals surface area contributed by atoms with Crippen molar-refractivity contribution in [3.8, 4) is 5.75 Å². The highest BCUT2D eigenvalue weighted by atomic mass is 16.5. The quantitative estimate of drug-likeness (QED) is 0.840. The van der Waals surface area contributed by atoms with Crippen molar-refractivity contribution in [2.24, 2.45) is 11.8 Å². The summed E-state index contributed by atoms with van der Waals surface area (Å²) in [4.78, 5) is 0. The number of benzene rings is 1. The largest absolute Gasteiger partial charge is 0.496 e. The second-order valence-electron chi connectivity index (χ2n) is 6.59. The molecule has 0 aromatic heterocycles. The van der Waals surface area contributed by atoms with Crippen LogP contribution >= 0.6 is 0 Å². The van der Waals surface area contributed by atoms with Crippen molar-refractivity contribution in [2.45, 2.75) is 59.4 Å². The Morgan fingerprint density at radius 1 is 1.10 bits per heavy atom. The predicted molar refractivity (Wildman–Crippen MR) is 86.7 cm³/mol. The van der Waals surface area contributed by atoms with Crippen LogP contribution in [0.3, 0.4) is 0 Å². The lowest BCUT2D eigenvalue weighted by molar-refractivity contribution is 0.267. The van der Waals surface area contributed by atoms with Gasteiger partial charge in [-0.1, -0.05) is 19.9 Å². The molecule has 2 rings (SSSR count). The Morgan fingerprint density at radius 3 is 2.30 bits per heavy atom. The van der Waals surface area contributed by atoms with E-state index in [-0.39, 0.29) is 0 Å². The molecule has 1 N–H and O–H groups in total. The maximum atomic E-state index is 5.51. The van der Waals surface area contributed by atoms with Crippen LogP contribution in [0.15, 0.2) is 12.1 Å². The van der Waals surface area contributed by atoms with E-state index >= 15 is 0 Å². The van der Waals surface area contributed by atoms with Gasteiger partial charge in [-0.2, -0.15) is 0 Å². The first kappa shape index (κ1) is 15.2. The third-order valence-electron chi connectivity index (χ3n) is 4.88. The van der Waals surface area contributed by atoms with Gasteiger partial charge in [0, 0.05) is 17.3 Å². The van der Waals surface area contributed by atoms with Crippen LogP contribution in [0.1, 0.15) is 50.7 Å². The molecule has 0 bridgehead atoms. The molecular weight excluding hydrogens is 246 g/mol. The Balaban J connectivity index is 2.01. The summed E-state index contributed by atoms with van der Waals surface area (Å²) in [6, 6.07) is 4.96. The molecule has 1 saturated carbocycles. The van der Waals surface area contributed by atoms with E-state index in [0.29, 0.717) is 6.04 Å². The zero-order chi connectivity index (χ0) is 14.7. The van der Waals surface area contributed by atoms with Crippen LogP contribution in [0.2, 0.25) is 0 Å². The first-order chi connectivity index (χ1) is 9.52. The summed E-state index contributed by atoms with van der Waals surface area (Å²) in [7, 11) is 1.76. The fourth-order valence-corrected chi connectivity index (χ4v) is 3.45. The van der Waals surface area contributed by atoms with Gasteiger partial charge in [0.25, 0.3) is 0 Å². The normalized spacial score (nSPS) is 22.9. The van der Waals surface area contributed by atoms with E-state index in [2.05, 4.69) is 45.1 Å². The smallest absolute Gasteiger partial charge is 0.126 e. The van der Waals surface area contributed by atoms with Crippen LogP contribution < -0.4 is 10.1 Å². The summed E-state index contributed by atoms with van der Waals surface area (Å²) in [5.74, 6) is 2.77. The van der Waals surface area contributed by atoms with Gasteiger partial charge in [-0.15, -0.1) is 0 Å². The second kappa shape index (κ2) is 6.51. The average molecular weight is 275 g/mol. The molecule has 0 heterocycles. The fourth-order valence-electron chi connectivity index (χ4n) is 3.45. The van der Waals surface area contributed by atoms with Gasteiger partial charge in [0.15, 0.2) is 0 Å². The molecular formula is C18H29NO. The van der Waals surface area contributed by atoms with Gasteiger partial charge >= 0.3 is 0 Å². The standard InChI is InChI=1S/C18H29NO/c1-12(2)15-7-9-16(10-8-15)19-17-11-6-13(3)18(20-5)14(17)4/h6,11-12,15-16,19H,7-10H2,1-5H3. The van der Waals surface area contributed by atoms with Gasteiger partial charge in [0.1, 0.15) is 5.75 Å². The molecule has 2 nitrogen and oxygen atoms in total. The fraction of sp³-hybridized carbons (Fsp3) is 0.667. The van der Waals surface area contributed by atoms with Crippen molar-refractivity contribution >= 4 is 5.69 Å². The van der Waals surface area contributed by atoms with Crippen LogP contribution in [0.25, 0.3) is 0 Å². The van der Waals surface area contributed by atoms with E-state index in [4.69, 9.17) is 4.74 Å². The number of aryl methyl sites for hydroxylation is 1.